The Bertz CT molecular complexity index is 307. The molecular formula is C11H12F3O. The molecule has 1 aromatic carbocycles. The molecule has 0 bridgehead atoms. The van der Waals surface area contributed by atoms with Gasteiger partial charge in [0.15, 0.2) is 0 Å². The smallest absolute Gasteiger partial charge is 0.237 e. The van der Waals surface area contributed by atoms with Crippen LogP contribution in [0.5, 0.6) is 0 Å². The summed E-state index contributed by atoms with van der Waals surface area (Å²) in [7, 11) is 0. The molecule has 1 rings (SSSR count). The first-order valence-corrected chi connectivity index (χ1v) is 4.79. The Kier molecular flexibility index (Phi) is 4.15. The SMILES string of the molecule is [O]CCCCc1ccccc1C(F)(F)F. The topological polar surface area (TPSA) is 19.9 Å². The summed E-state index contributed by atoms with van der Waals surface area (Å²) < 4.78 is 37.5. The highest BCUT2D eigenvalue weighted by Crippen LogP contribution is 2.32. The number of alkyl halides is 3. The summed E-state index contributed by atoms with van der Waals surface area (Å²) in [6.45, 7) is -0.228. The van der Waals surface area contributed by atoms with Gasteiger partial charge in [-0.1, -0.05) is 18.2 Å². The Hall–Kier alpha value is -1.03. The molecule has 0 aliphatic heterocycles. The van der Waals surface area contributed by atoms with E-state index in [1.165, 1.54) is 12.1 Å². The molecule has 0 N–H and O–H groups in total. The Labute approximate surface area is 86.5 Å². The van der Waals surface area contributed by atoms with Crippen LogP contribution in [0.1, 0.15) is 24.0 Å². The Morgan fingerprint density at radius 3 is 2.33 bits per heavy atom. The first-order valence-electron chi connectivity index (χ1n) is 4.79. The van der Waals surface area contributed by atoms with Crippen molar-refractivity contribution in [1.82, 2.24) is 0 Å². The first kappa shape index (κ1) is 12.0. The van der Waals surface area contributed by atoms with E-state index in [1.807, 2.05) is 0 Å². The van der Waals surface area contributed by atoms with Crippen molar-refractivity contribution in [2.45, 2.75) is 25.4 Å². The van der Waals surface area contributed by atoms with Gasteiger partial charge in [-0.2, -0.15) is 13.2 Å². The molecule has 0 aliphatic rings. The van der Waals surface area contributed by atoms with Crippen molar-refractivity contribution in [2.24, 2.45) is 0 Å². The Balaban J connectivity index is 2.78. The fourth-order valence-electron chi connectivity index (χ4n) is 1.43. The van der Waals surface area contributed by atoms with Gasteiger partial charge < -0.3 is 0 Å². The molecule has 0 fully saturated rings. The van der Waals surface area contributed by atoms with E-state index >= 15 is 0 Å². The number of hydrogen-bond acceptors (Lipinski definition) is 0. The van der Waals surface area contributed by atoms with E-state index in [0.717, 1.165) is 6.07 Å². The summed E-state index contributed by atoms with van der Waals surface area (Å²) in [4.78, 5) is 0. The number of halogens is 3. The zero-order chi connectivity index (χ0) is 11.3. The van der Waals surface area contributed by atoms with E-state index < -0.39 is 11.7 Å². The summed E-state index contributed by atoms with van der Waals surface area (Å²) >= 11 is 0. The molecule has 0 heterocycles. The molecule has 1 aromatic rings. The van der Waals surface area contributed by atoms with Crippen LogP contribution < -0.4 is 0 Å². The molecule has 1 nitrogen and oxygen atoms in total. The van der Waals surface area contributed by atoms with Gasteiger partial charge in [-0.05, 0) is 30.9 Å². The fourth-order valence-corrected chi connectivity index (χ4v) is 1.43. The van der Waals surface area contributed by atoms with Crippen molar-refractivity contribution in [1.29, 1.82) is 0 Å². The Morgan fingerprint density at radius 2 is 1.73 bits per heavy atom. The van der Waals surface area contributed by atoms with Crippen molar-refractivity contribution >= 4 is 0 Å². The molecule has 0 aliphatic carbocycles. The third-order valence-electron chi connectivity index (χ3n) is 2.16. The molecule has 0 amide bonds. The van der Waals surface area contributed by atoms with Gasteiger partial charge in [0.25, 0.3) is 0 Å². The average Bonchev–Trinajstić information content (AvgIpc) is 2.17. The van der Waals surface area contributed by atoms with Gasteiger partial charge in [-0.15, -0.1) is 0 Å². The summed E-state index contributed by atoms with van der Waals surface area (Å²) in [5, 5.41) is 10.2. The van der Waals surface area contributed by atoms with Gasteiger partial charge in [0.2, 0.25) is 0 Å². The maximum Gasteiger partial charge on any atom is 0.416 e. The normalized spacial score (nSPS) is 11.7. The second-order valence-corrected chi connectivity index (χ2v) is 3.32. The number of benzene rings is 1. The third-order valence-corrected chi connectivity index (χ3v) is 2.16. The van der Waals surface area contributed by atoms with E-state index in [-0.39, 0.29) is 12.2 Å². The molecule has 83 valence electrons. The minimum absolute atomic E-state index is 0.228. The standard InChI is InChI=1S/C11H12F3O/c12-11(13,14)10-7-2-1-5-9(10)6-3-4-8-15/h1-2,5,7H,3-4,6,8H2. The van der Waals surface area contributed by atoms with Crippen LogP contribution in [-0.4, -0.2) is 6.61 Å². The van der Waals surface area contributed by atoms with Crippen LogP contribution in [0.4, 0.5) is 13.2 Å². The predicted molar refractivity (Wildman–Crippen MR) is 49.9 cm³/mol. The van der Waals surface area contributed by atoms with Crippen molar-refractivity contribution in [3.05, 3.63) is 35.4 Å². The molecule has 0 atom stereocenters. The summed E-state index contributed by atoms with van der Waals surface area (Å²) in [6, 6.07) is 5.50. The van der Waals surface area contributed by atoms with Crippen LogP contribution in [0, 0.1) is 0 Å². The number of rotatable bonds is 4. The minimum Gasteiger partial charge on any atom is -0.237 e. The second-order valence-electron chi connectivity index (χ2n) is 3.32. The highest BCUT2D eigenvalue weighted by Gasteiger charge is 2.32. The lowest BCUT2D eigenvalue weighted by atomic mass is 10.0. The maximum absolute atomic E-state index is 12.5. The van der Waals surface area contributed by atoms with E-state index in [9.17, 15) is 18.3 Å². The van der Waals surface area contributed by atoms with E-state index in [1.54, 1.807) is 6.07 Å². The lowest BCUT2D eigenvalue weighted by Gasteiger charge is -2.11. The van der Waals surface area contributed by atoms with Gasteiger partial charge in [0.05, 0.1) is 12.2 Å². The zero-order valence-electron chi connectivity index (χ0n) is 8.18. The van der Waals surface area contributed by atoms with Gasteiger partial charge in [0, 0.05) is 0 Å². The predicted octanol–water partition coefficient (Wildman–Crippen LogP) is 3.46. The second kappa shape index (κ2) is 5.16. The van der Waals surface area contributed by atoms with Gasteiger partial charge in [0.1, 0.15) is 0 Å². The van der Waals surface area contributed by atoms with Crippen LogP contribution in [0.2, 0.25) is 0 Å². The number of unbranched alkanes of at least 4 members (excludes halogenated alkanes) is 1. The third kappa shape index (κ3) is 3.55. The number of hydrogen-bond donors (Lipinski definition) is 0. The largest absolute Gasteiger partial charge is 0.416 e. The van der Waals surface area contributed by atoms with Crippen LogP contribution in [0.3, 0.4) is 0 Å². The van der Waals surface area contributed by atoms with Gasteiger partial charge in [-0.3, -0.25) is 0 Å². The summed E-state index contributed by atoms with van der Waals surface area (Å²) in [6.07, 6.45) is -3.05. The molecule has 0 unspecified atom stereocenters. The lowest BCUT2D eigenvalue weighted by Crippen LogP contribution is -2.09. The maximum atomic E-state index is 12.5. The molecule has 4 heteroatoms. The molecule has 0 aromatic heterocycles. The lowest BCUT2D eigenvalue weighted by molar-refractivity contribution is -0.138. The van der Waals surface area contributed by atoms with E-state index in [2.05, 4.69) is 0 Å². The van der Waals surface area contributed by atoms with E-state index in [4.69, 9.17) is 0 Å². The van der Waals surface area contributed by atoms with Gasteiger partial charge >= 0.3 is 6.18 Å². The monoisotopic (exact) mass is 217 g/mol. The van der Waals surface area contributed by atoms with Crippen LogP contribution in [0.15, 0.2) is 24.3 Å². The molecule has 0 saturated heterocycles. The molecular weight excluding hydrogens is 205 g/mol. The zero-order valence-corrected chi connectivity index (χ0v) is 8.18. The quantitative estimate of drug-likeness (QED) is 0.688. The minimum atomic E-state index is -4.30. The van der Waals surface area contributed by atoms with Crippen LogP contribution in [-0.2, 0) is 17.7 Å². The molecule has 1 radical (unpaired) electrons. The average molecular weight is 217 g/mol. The summed E-state index contributed by atoms with van der Waals surface area (Å²) in [5.74, 6) is 0. The molecule has 0 spiro atoms. The Morgan fingerprint density at radius 1 is 1.07 bits per heavy atom. The van der Waals surface area contributed by atoms with Crippen molar-refractivity contribution < 1.29 is 18.3 Å². The van der Waals surface area contributed by atoms with Crippen LogP contribution in [0.25, 0.3) is 0 Å². The highest BCUT2D eigenvalue weighted by molar-refractivity contribution is 5.29. The molecule has 0 saturated carbocycles. The fraction of sp³-hybridized carbons (Fsp3) is 0.455. The summed E-state index contributed by atoms with van der Waals surface area (Å²) in [5.41, 5.74) is -0.311. The molecule has 15 heavy (non-hydrogen) atoms. The number of aryl methyl sites for hydroxylation is 1. The van der Waals surface area contributed by atoms with E-state index in [0.29, 0.717) is 19.3 Å². The van der Waals surface area contributed by atoms with Crippen molar-refractivity contribution in [3.63, 3.8) is 0 Å². The van der Waals surface area contributed by atoms with Gasteiger partial charge in [-0.25, -0.2) is 5.11 Å². The highest BCUT2D eigenvalue weighted by atomic mass is 19.4. The first-order chi connectivity index (χ1) is 7.05. The van der Waals surface area contributed by atoms with Crippen molar-refractivity contribution in [2.75, 3.05) is 6.61 Å². The van der Waals surface area contributed by atoms with Crippen LogP contribution >= 0.6 is 0 Å². The van der Waals surface area contributed by atoms with Crippen molar-refractivity contribution in [3.8, 4) is 0 Å².